The van der Waals surface area contributed by atoms with Gasteiger partial charge in [-0.1, -0.05) is 38.6 Å². The maximum absolute atomic E-state index is 14.9. The number of rotatable bonds is 13. The van der Waals surface area contributed by atoms with Gasteiger partial charge in [0, 0.05) is 54.6 Å². The van der Waals surface area contributed by atoms with Crippen LogP contribution in [0.5, 0.6) is 0 Å². The number of aromatic nitrogens is 1. The number of carbonyl (C=O) groups is 2. The van der Waals surface area contributed by atoms with E-state index < -0.39 is 18.3 Å². The Kier molecular flexibility index (Phi) is 14.8. The van der Waals surface area contributed by atoms with Crippen LogP contribution in [0.1, 0.15) is 114 Å². The largest absolute Gasteiger partial charge is 0.462 e. The number of nitrogens with zero attached hydrogens (tertiary/aromatic N) is 2. The molecule has 0 aromatic carbocycles. The number of thiazole rings is 1. The SMILES string of the molecule is CCCSc1nc2c(s1)[C@@H]1C[C@@H](OC(O)[C@H](COC)OC)C[C@H]1[C@@H]1C=C3C(=O)[C@H](C)[C@@H](O[C@H]4CC[C@H](N(C)C)C(C)O4)CCC[C@H](CC)OC(=O)C[C@H]3[C@H]21. The molecular formula is C41H64N2O9S2. The summed E-state index contributed by atoms with van der Waals surface area (Å²) in [5.74, 6) is 0.226. The van der Waals surface area contributed by atoms with Crippen molar-refractivity contribution >= 4 is 34.9 Å². The van der Waals surface area contributed by atoms with Crippen LogP contribution in [0.2, 0.25) is 0 Å². The maximum Gasteiger partial charge on any atom is 0.306 e. The molecule has 14 atom stereocenters. The number of aliphatic hydroxyl groups is 1. The zero-order chi connectivity index (χ0) is 38.7. The van der Waals surface area contributed by atoms with Gasteiger partial charge in [-0.2, -0.15) is 0 Å². The van der Waals surface area contributed by atoms with Gasteiger partial charge in [0.25, 0.3) is 0 Å². The number of thioether (sulfide) groups is 1. The van der Waals surface area contributed by atoms with Gasteiger partial charge in [-0.3, -0.25) is 9.59 Å². The highest BCUT2D eigenvalue weighted by Gasteiger charge is 2.56. The number of ketones is 1. The molecule has 2 saturated heterocycles. The number of methoxy groups -OCH3 is 2. The van der Waals surface area contributed by atoms with Gasteiger partial charge in [0.15, 0.2) is 18.4 Å². The summed E-state index contributed by atoms with van der Waals surface area (Å²) in [4.78, 5) is 37.5. The first-order chi connectivity index (χ1) is 26.0. The summed E-state index contributed by atoms with van der Waals surface area (Å²) in [7, 11) is 7.30. The first-order valence-electron chi connectivity index (χ1n) is 20.4. The van der Waals surface area contributed by atoms with Crippen LogP contribution in [0.4, 0.5) is 0 Å². The third-order valence-corrected chi connectivity index (χ3v) is 15.3. The van der Waals surface area contributed by atoms with E-state index >= 15 is 0 Å². The normalized spacial score (nSPS) is 37.0. The van der Waals surface area contributed by atoms with E-state index in [2.05, 4.69) is 45.8 Å². The van der Waals surface area contributed by atoms with E-state index in [1.54, 1.807) is 37.3 Å². The van der Waals surface area contributed by atoms with Gasteiger partial charge in [-0.15, -0.1) is 11.3 Å². The highest BCUT2D eigenvalue weighted by Crippen LogP contribution is 2.63. The molecule has 1 saturated carbocycles. The Morgan fingerprint density at radius 1 is 1.09 bits per heavy atom. The third-order valence-electron chi connectivity index (χ3n) is 12.7. The van der Waals surface area contributed by atoms with Gasteiger partial charge in [0.05, 0.1) is 37.0 Å². The van der Waals surface area contributed by atoms with E-state index in [-0.39, 0.29) is 85.1 Å². The number of hydrogen-bond acceptors (Lipinski definition) is 13. The number of likely N-dealkylation sites (N-methyl/N-ethyl adjacent to an activating group) is 1. The molecule has 1 N–H and O–H groups in total. The highest BCUT2D eigenvalue weighted by molar-refractivity contribution is 8.01. The van der Waals surface area contributed by atoms with Crippen LogP contribution in [0.25, 0.3) is 0 Å². The van der Waals surface area contributed by atoms with Crippen molar-refractivity contribution in [1.29, 1.82) is 0 Å². The summed E-state index contributed by atoms with van der Waals surface area (Å²) in [6.07, 6.45) is 6.72. The molecule has 2 aliphatic heterocycles. The fourth-order valence-electron chi connectivity index (χ4n) is 9.90. The molecule has 3 heterocycles. The second-order valence-electron chi connectivity index (χ2n) is 16.4. The Bertz CT molecular complexity index is 1460. The topological polar surface area (TPSA) is 126 Å². The minimum atomic E-state index is -1.13. The number of esters is 1. The van der Waals surface area contributed by atoms with Crippen LogP contribution >= 0.6 is 23.1 Å². The van der Waals surface area contributed by atoms with Crippen molar-refractivity contribution in [1.82, 2.24) is 9.88 Å². The Labute approximate surface area is 330 Å². The smallest absolute Gasteiger partial charge is 0.306 e. The molecule has 13 heteroatoms. The average molecular weight is 793 g/mol. The molecule has 3 fully saturated rings. The summed E-state index contributed by atoms with van der Waals surface area (Å²) in [6.45, 7) is 8.57. The van der Waals surface area contributed by atoms with Crippen molar-refractivity contribution in [3.05, 3.63) is 22.2 Å². The first-order valence-corrected chi connectivity index (χ1v) is 22.2. The molecule has 0 radical (unpaired) electrons. The predicted octanol–water partition coefficient (Wildman–Crippen LogP) is 6.71. The van der Waals surface area contributed by atoms with E-state index in [4.69, 9.17) is 33.4 Å². The second-order valence-corrected chi connectivity index (χ2v) is 18.8. The van der Waals surface area contributed by atoms with Crippen LogP contribution in [0.3, 0.4) is 0 Å². The number of Topliss-reactive ketones (excluding diaryl/α,β-unsaturated/α-hetero) is 1. The zero-order valence-corrected chi connectivity index (χ0v) is 35.2. The van der Waals surface area contributed by atoms with Crippen LogP contribution in [0.15, 0.2) is 16.0 Å². The number of allylic oxidation sites excluding steroid dienone is 2. The predicted molar refractivity (Wildman–Crippen MR) is 209 cm³/mol. The van der Waals surface area contributed by atoms with E-state index in [9.17, 15) is 14.7 Å². The number of carbonyl (C=O) groups excluding carboxylic acids is 2. The fourth-order valence-corrected chi connectivity index (χ4v) is 12.2. The quantitative estimate of drug-likeness (QED) is 0.130. The summed E-state index contributed by atoms with van der Waals surface area (Å²) in [6, 6.07) is 0.323. The third kappa shape index (κ3) is 9.15. The number of cyclic esters (lactones) is 1. The molecule has 1 aromatic rings. The van der Waals surface area contributed by atoms with Crippen molar-refractivity contribution in [3.8, 4) is 0 Å². The van der Waals surface area contributed by atoms with E-state index in [1.165, 1.54) is 4.88 Å². The van der Waals surface area contributed by atoms with Gasteiger partial charge in [0.2, 0.25) is 0 Å². The lowest BCUT2D eigenvalue weighted by atomic mass is 9.67. The molecule has 54 heavy (non-hydrogen) atoms. The maximum atomic E-state index is 14.9. The Hall–Kier alpha value is -1.42. The number of aliphatic hydroxyl groups excluding tert-OH is 1. The van der Waals surface area contributed by atoms with Crippen LogP contribution in [-0.2, 0) is 38.0 Å². The molecule has 0 bridgehead atoms. The molecule has 6 rings (SSSR count). The summed E-state index contributed by atoms with van der Waals surface area (Å²) in [5.41, 5.74) is 1.74. The average Bonchev–Trinajstić information content (AvgIpc) is 3.86. The summed E-state index contributed by atoms with van der Waals surface area (Å²) in [5, 5.41) is 11.0. The van der Waals surface area contributed by atoms with E-state index in [0.29, 0.717) is 18.0 Å². The second kappa shape index (κ2) is 18.9. The van der Waals surface area contributed by atoms with Crippen LogP contribution < -0.4 is 0 Å². The van der Waals surface area contributed by atoms with Crippen molar-refractivity contribution in [2.45, 2.75) is 157 Å². The molecule has 0 spiro atoms. The first kappa shape index (κ1) is 42.2. The Morgan fingerprint density at radius 2 is 1.89 bits per heavy atom. The van der Waals surface area contributed by atoms with Gasteiger partial charge in [-0.25, -0.2) is 4.98 Å². The van der Waals surface area contributed by atoms with Crippen molar-refractivity contribution in [2.75, 3.05) is 40.7 Å². The molecular weight excluding hydrogens is 729 g/mol. The Balaban J connectivity index is 1.33. The van der Waals surface area contributed by atoms with Crippen LogP contribution in [0, 0.1) is 23.7 Å². The minimum Gasteiger partial charge on any atom is -0.462 e. The molecule has 11 nitrogen and oxygen atoms in total. The van der Waals surface area contributed by atoms with Crippen LogP contribution in [-0.4, -0.2) is 117 Å². The molecule has 304 valence electrons. The lowest BCUT2D eigenvalue weighted by Gasteiger charge is -2.40. The van der Waals surface area contributed by atoms with E-state index in [1.807, 2.05) is 6.92 Å². The number of fused-ring (bicyclic) bond motifs is 8. The lowest BCUT2D eigenvalue weighted by molar-refractivity contribution is -0.231. The monoisotopic (exact) mass is 792 g/mol. The standard InChI is InChI=1S/C41H64N2O9S2/c1-9-16-53-41-42-37-36-27(26-17-25(18-30(26)39(37)54-41)51-40(46)33(48-8)21-47-7)19-29-28(36)20-34(44)50-24(10-2)12-11-13-32(22(3)38(29)45)52-35-15-14-31(43(5)6)23(4)49-35/h19,22-28,30-33,35-36,40,46H,9-18,20-21H2,1-8H3/t22-,23?,24+,25+,26+,27+,28-,30-,31+,32+,33+,35+,36-,40?/m1/s1. The molecule has 1 aromatic heterocycles. The van der Waals surface area contributed by atoms with Crippen molar-refractivity contribution < 1.29 is 43.1 Å². The van der Waals surface area contributed by atoms with Gasteiger partial charge < -0.3 is 38.4 Å². The number of ether oxygens (including phenoxy) is 6. The molecule has 3 aliphatic carbocycles. The lowest BCUT2D eigenvalue weighted by Crippen LogP contribution is -2.47. The molecule has 2 unspecified atom stereocenters. The van der Waals surface area contributed by atoms with Gasteiger partial charge in [0.1, 0.15) is 16.5 Å². The molecule has 5 aliphatic rings. The number of hydrogen-bond donors (Lipinski definition) is 1. The van der Waals surface area contributed by atoms with Crippen molar-refractivity contribution in [3.63, 3.8) is 0 Å². The van der Waals surface area contributed by atoms with E-state index in [0.717, 1.165) is 67.2 Å². The highest BCUT2D eigenvalue weighted by atomic mass is 32.2. The van der Waals surface area contributed by atoms with Gasteiger partial charge in [-0.05, 0) is 96.2 Å². The zero-order valence-electron chi connectivity index (χ0n) is 33.6. The summed E-state index contributed by atoms with van der Waals surface area (Å²) >= 11 is 3.53. The molecule has 0 amide bonds. The summed E-state index contributed by atoms with van der Waals surface area (Å²) < 4.78 is 37.4. The van der Waals surface area contributed by atoms with Crippen molar-refractivity contribution in [2.24, 2.45) is 23.7 Å². The Morgan fingerprint density at radius 3 is 2.57 bits per heavy atom. The van der Waals surface area contributed by atoms with Gasteiger partial charge >= 0.3 is 5.97 Å². The fraction of sp³-hybridized carbons (Fsp3) is 0.829. The minimum absolute atomic E-state index is 0.00234.